The Morgan fingerprint density at radius 3 is 3.31 bits per heavy atom. The highest BCUT2D eigenvalue weighted by molar-refractivity contribution is 7.80. The van der Waals surface area contributed by atoms with E-state index in [1.54, 1.807) is 0 Å². The lowest BCUT2D eigenvalue weighted by atomic mass is 10.0. The number of nitrogens with one attached hydrogen (secondary N) is 1. The molecule has 0 amide bonds. The van der Waals surface area contributed by atoms with E-state index in [1.807, 2.05) is 0 Å². The Balaban J connectivity index is 1.84. The average molecular weight is 202 g/mol. The SMILES string of the molecule is SCCN1CC[C@@H]2OCCN[C@@H]2C1. The molecule has 0 saturated carbocycles. The zero-order chi connectivity index (χ0) is 9.10. The number of thiol groups is 1. The molecule has 2 rings (SSSR count). The fourth-order valence-electron chi connectivity index (χ4n) is 2.19. The van der Waals surface area contributed by atoms with E-state index < -0.39 is 0 Å². The number of hydrogen-bond donors (Lipinski definition) is 2. The first-order valence-corrected chi connectivity index (χ1v) is 5.71. The van der Waals surface area contributed by atoms with Crippen molar-refractivity contribution in [1.29, 1.82) is 0 Å². The molecule has 2 aliphatic rings. The van der Waals surface area contributed by atoms with Gasteiger partial charge in [-0.3, -0.25) is 0 Å². The van der Waals surface area contributed by atoms with E-state index in [9.17, 15) is 0 Å². The lowest BCUT2D eigenvalue weighted by Crippen LogP contribution is -2.58. The number of fused-ring (bicyclic) bond motifs is 1. The van der Waals surface area contributed by atoms with Crippen LogP contribution in [0, 0.1) is 0 Å². The second-order valence-electron chi connectivity index (χ2n) is 3.78. The number of hydrogen-bond acceptors (Lipinski definition) is 4. The standard InChI is InChI=1S/C9H18N2OS/c13-6-4-11-3-1-9-8(7-11)10-2-5-12-9/h8-10,13H,1-7H2/t8-,9+/m1/s1. The van der Waals surface area contributed by atoms with E-state index >= 15 is 0 Å². The summed E-state index contributed by atoms with van der Waals surface area (Å²) in [7, 11) is 0. The van der Waals surface area contributed by atoms with Crippen molar-refractivity contribution in [3.05, 3.63) is 0 Å². The van der Waals surface area contributed by atoms with Crippen LogP contribution >= 0.6 is 12.6 Å². The summed E-state index contributed by atoms with van der Waals surface area (Å²) < 4.78 is 5.70. The highest BCUT2D eigenvalue weighted by Crippen LogP contribution is 2.16. The summed E-state index contributed by atoms with van der Waals surface area (Å²) in [4.78, 5) is 2.47. The van der Waals surface area contributed by atoms with Crippen LogP contribution in [0.4, 0.5) is 0 Å². The first-order valence-electron chi connectivity index (χ1n) is 5.08. The third-order valence-electron chi connectivity index (χ3n) is 2.89. The molecule has 1 N–H and O–H groups in total. The van der Waals surface area contributed by atoms with Gasteiger partial charge in [0.1, 0.15) is 0 Å². The average Bonchev–Trinajstić information content (AvgIpc) is 2.18. The first kappa shape index (κ1) is 9.77. The Morgan fingerprint density at radius 1 is 1.54 bits per heavy atom. The molecule has 4 heteroatoms. The quantitative estimate of drug-likeness (QED) is 0.616. The predicted molar refractivity (Wildman–Crippen MR) is 56.4 cm³/mol. The first-order chi connectivity index (χ1) is 6.40. The van der Waals surface area contributed by atoms with Crippen molar-refractivity contribution in [2.75, 3.05) is 38.5 Å². The third kappa shape index (κ3) is 2.37. The molecule has 13 heavy (non-hydrogen) atoms. The van der Waals surface area contributed by atoms with E-state index in [1.165, 1.54) is 13.0 Å². The zero-order valence-corrected chi connectivity index (χ0v) is 8.80. The normalized spacial score (nSPS) is 35.8. The van der Waals surface area contributed by atoms with Crippen molar-refractivity contribution < 1.29 is 4.74 Å². The van der Waals surface area contributed by atoms with Crippen LogP contribution in [0.15, 0.2) is 0 Å². The van der Waals surface area contributed by atoms with Crippen LogP contribution in [-0.4, -0.2) is 55.6 Å². The number of morpholine rings is 1. The van der Waals surface area contributed by atoms with Crippen LogP contribution in [-0.2, 0) is 4.74 Å². The van der Waals surface area contributed by atoms with Crippen LogP contribution < -0.4 is 5.32 Å². The van der Waals surface area contributed by atoms with E-state index in [2.05, 4.69) is 22.8 Å². The summed E-state index contributed by atoms with van der Waals surface area (Å²) in [6.07, 6.45) is 1.63. The van der Waals surface area contributed by atoms with Crippen molar-refractivity contribution in [1.82, 2.24) is 10.2 Å². The smallest absolute Gasteiger partial charge is 0.0753 e. The molecule has 0 aromatic carbocycles. The lowest BCUT2D eigenvalue weighted by Gasteiger charge is -2.41. The van der Waals surface area contributed by atoms with Crippen molar-refractivity contribution in [3.63, 3.8) is 0 Å². The Hall–Kier alpha value is 0.230. The van der Waals surface area contributed by atoms with Gasteiger partial charge < -0.3 is 15.0 Å². The Kier molecular flexibility index (Phi) is 3.49. The van der Waals surface area contributed by atoms with Gasteiger partial charge in [-0.25, -0.2) is 0 Å². The van der Waals surface area contributed by atoms with Gasteiger partial charge in [-0.2, -0.15) is 12.6 Å². The van der Waals surface area contributed by atoms with Gasteiger partial charge in [0.2, 0.25) is 0 Å². The summed E-state index contributed by atoms with van der Waals surface area (Å²) in [5.41, 5.74) is 0. The molecule has 2 atom stereocenters. The highest BCUT2D eigenvalue weighted by Gasteiger charge is 2.31. The second-order valence-corrected chi connectivity index (χ2v) is 4.23. The number of likely N-dealkylation sites (tertiary alicyclic amines) is 1. The van der Waals surface area contributed by atoms with Crippen LogP contribution in [0.1, 0.15) is 6.42 Å². The van der Waals surface area contributed by atoms with Crippen LogP contribution in [0.25, 0.3) is 0 Å². The summed E-state index contributed by atoms with van der Waals surface area (Å²) in [6, 6.07) is 0.558. The molecule has 3 nitrogen and oxygen atoms in total. The van der Waals surface area contributed by atoms with Crippen molar-refractivity contribution >= 4 is 12.6 Å². The minimum atomic E-state index is 0.463. The molecule has 76 valence electrons. The van der Waals surface area contributed by atoms with Gasteiger partial charge in [0.15, 0.2) is 0 Å². The maximum Gasteiger partial charge on any atom is 0.0753 e. The van der Waals surface area contributed by atoms with E-state index in [0.717, 1.165) is 32.0 Å². The Labute approximate surface area is 85.2 Å². The number of rotatable bonds is 2. The summed E-state index contributed by atoms with van der Waals surface area (Å²) in [5, 5.41) is 3.52. The van der Waals surface area contributed by atoms with E-state index in [-0.39, 0.29) is 0 Å². The fraction of sp³-hybridized carbons (Fsp3) is 1.00. The highest BCUT2D eigenvalue weighted by atomic mass is 32.1. The largest absolute Gasteiger partial charge is 0.375 e. The fourth-order valence-corrected chi connectivity index (χ4v) is 2.48. The minimum Gasteiger partial charge on any atom is -0.375 e. The molecule has 0 aromatic heterocycles. The van der Waals surface area contributed by atoms with Gasteiger partial charge >= 0.3 is 0 Å². The molecular weight excluding hydrogens is 184 g/mol. The van der Waals surface area contributed by atoms with Crippen molar-refractivity contribution in [3.8, 4) is 0 Å². The van der Waals surface area contributed by atoms with Crippen LogP contribution in [0.3, 0.4) is 0 Å². The van der Waals surface area contributed by atoms with Crippen molar-refractivity contribution in [2.45, 2.75) is 18.6 Å². The molecule has 0 bridgehead atoms. The Bertz CT molecular complexity index is 168. The molecule has 2 fully saturated rings. The molecule has 0 aromatic rings. The Morgan fingerprint density at radius 2 is 2.46 bits per heavy atom. The third-order valence-corrected chi connectivity index (χ3v) is 3.09. The molecular formula is C9H18N2OS. The van der Waals surface area contributed by atoms with Gasteiger partial charge in [-0.05, 0) is 6.42 Å². The predicted octanol–water partition coefficient (Wildman–Crippen LogP) is -0.0211. The molecule has 0 unspecified atom stereocenters. The van der Waals surface area contributed by atoms with Crippen molar-refractivity contribution in [2.24, 2.45) is 0 Å². The molecule has 0 radical (unpaired) electrons. The summed E-state index contributed by atoms with van der Waals surface area (Å²) >= 11 is 4.26. The second kappa shape index (κ2) is 4.64. The van der Waals surface area contributed by atoms with Crippen LogP contribution in [0.5, 0.6) is 0 Å². The minimum absolute atomic E-state index is 0.463. The molecule has 2 saturated heterocycles. The van der Waals surface area contributed by atoms with E-state index in [0.29, 0.717) is 12.1 Å². The zero-order valence-electron chi connectivity index (χ0n) is 7.91. The lowest BCUT2D eigenvalue weighted by molar-refractivity contribution is -0.0418. The molecule has 0 spiro atoms. The maximum absolute atomic E-state index is 5.70. The number of piperidine rings is 1. The van der Waals surface area contributed by atoms with Gasteiger partial charge in [0.05, 0.1) is 12.7 Å². The molecule has 0 aliphatic carbocycles. The maximum atomic E-state index is 5.70. The number of ether oxygens (including phenoxy) is 1. The monoisotopic (exact) mass is 202 g/mol. The van der Waals surface area contributed by atoms with Gasteiger partial charge in [-0.15, -0.1) is 0 Å². The van der Waals surface area contributed by atoms with E-state index in [4.69, 9.17) is 4.74 Å². The molecule has 2 heterocycles. The summed E-state index contributed by atoms with van der Waals surface area (Å²) in [5.74, 6) is 0.957. The van der Waals surface area contributed by atoms with Crippen LogP contribution in [0.2, 0.25) is 0 Å². The topological polar surface area (TPSA) is 24.5 Å². The van der Waals surface area contributed by atoms with Gasteiger partial charge in [0, 0.05) is 38.0 Å². The van der Waals surface area contributed by atoms with Gasteiger partial charge in [0.25, 0.3) is 0 Å². The van der Waals surface area contributed by atoms with Gasteiger partial charge in [-0.1, -0.05) is 0 Å². The summed E-state index contributed by atoms with van der Waals surface area (Å²) in [6.45, 7) is 5.30. The number of nitrogens with zero attached hydrogens (tertiary/aromatic N) is 1. The molecule has 2 aliphatic heterocycles.